The minimum absolute atomic E-state index is 0.113. The van der Waals surface area contributed by atoms with E-state index >= 15 is 0 Å². The summed E-state index contributed by atoms with van der Waals surface area (Å²) in [4.78, 5) is 11.7. The van der Waals surface area contributed by atoms with Crippen LogP contribution in [-0.2, 0) is 16.0 Å². The first-order chi connectivity index (χ1) is 9.13. The second-order valence-corrected chi connectivity index (χ2v) is 4.85. The highest BCUT2D eigenvalue weighted by Crippen LogP contribution is 2.10. The van der Waals surface area contributed by atoms with Gasteiger partial charge in [0.2, 0.25) is 5.91 Å². The van der Waals surface area contributed by atoms with Crippen LogP contribution >= 0.6 is 11.6 Å². The van der Waals surface area contributed by atoms with Crippen LogP contribution in [0.15, 0.2) is 24.3 Å². The SMILES string of the molecule is COCCCC(N)C(=O)NCCc1cccc(Cl)c1. The van der Waals surface area contributed by atoms with E-state index in [1.165, 1.54) is 0 Å². The van der Waals surface area contributed by atoms with Gasteiger partial charge in [-0.25, -0.2) is 0 Å². The Morgan fingerprint density at radius 2 is 2.32 bits per heavy atom. The molecule has 0 aliphatic carbocycles. The van der Waals surface area contributed by atoms with Crippen molar-refractivity contribution < 1.29 is 9.53 Å². The highest BCUT2D eigenvalue weighted by atomic mass is 35.5. The molecule has 4 nitrogen and oxygen atoms in total. The molecule has 0 bridgehead atoms. The van der Waals surface area contributed by atoms with Crippen molar-refractivity contribution in [3.8, 4) is 0 Å². The number of ether oxygens (including phenoxy) is 1. The summed E-state index contributed by atoms with van der Waals surface area (Å²) >= 11 is 5.89. The molecule has 0 saturated carbocycles. The van der Waals surface area contributed by atoms with E-state index in [1.807, 2.05) is 24.3 Å². The number of methoxy groups -OCH3 is 1. The maximum atomic E-state index is 11.7. The van der Waals surface area contributed by atoms with Crippen LogP contribution in [0, 0.1) is 0 Å². The van der Waals surface area contributed by atoms with Crippen LogP contribution in [0.4, 0.5) is 0 Å². The second-order valence-electron chi connectivity index (χ2n) is 4.41. The summed E-state index contributed by atoms with van der Waals surface area (Å²) in [5.74, 6) is -0.113. The Hall–Kier alpha value is -1.10. The Labute approximate surface area is 119 Å². The molecule has 0 aliphatic heterocycles. The molecule has 0 aromatic heterocycles. The lowest BCUT2D eigenvalue weighted by atomic mass is 10.1. The lowest BCUT2D eigenvalue weighted by Crippen LogP contribution is -2.41. The van der Waals surface area contributed by atoms with Gasteiger partial charge in [0.25, 0.3) is 0 Å². The van der Waals surface area contributed by atoms with E-state index in [9.17, 15) is 4.79 Å². The minimum Gasteiger partial charge on any atom is -0.385 e. The molecule has 0 heterocycles. The summed E-state index contributed by atoms with van der Waals surface area (Å²) in [7, 11) is 1.64. The average molecular weight is 285 g/mol. The van der Waals surface area contributed by atoms with Crippen LogP contribution in [0.3, 0.4) is 0 Å². The van der Waals surface area contributed by atoms with E-state index in [0.717, 1.165) is 18.4 Å². The van der Waals surface area contributed by atoms with Gasteiger partial charge in [0.1, 0.15) is 0 Å². The molecule has 3 N–H and O–H groups in total. The predicted molar refractivity (Wildman–Crippen MR) is 77.3 cm³/mol. The maximum absolute atomic E-state index is 11.7. The number of carbonyl (C=O) groups is 1. The first-order valence-corrected chi connectivity index (χ1v) is 6.78. The van der Waals surface area contributed by atoms with E-state index in [-0.39, 0.29) is 5.91 Å². The zero-order chi connectivity index (χ0) is 14.1. The maximum Gasteiger partial charge on any atom is 0.236 e. The van der Waals surface area contributed by atoms with Gasteiger partial charge < -0.3 is 15.8 Å². The molecule has 1 rings (SSSR count). The topological polar surface area (TPSA) is 64.3 Å². The lowest BCUT2D eigenvalue weighted by molar-refractivity contribution is -0.122. The fraction of sp³-hybridized carbons (Fsp3) is 0.500. The smallest absolute Gasteiger partial charge is 0.236 e. The highest BCUT2D eigenvalue weighted by molar-refractivity contribution is 6.30. The molecule has 1 aromatic rings. The first kappa shape index (κ1) is 16.0. The Morgan fingerprint density at radius 3 is 3.00 bits per heavy atom. The molecule has 0 radical (unpaired) electrons. The quantitative estimate of drug-likeness (QED) is 0.715. The van der Waals surface area contributed by atoms with E-state index in [1.54, 1.807) is 7.11 Å². The largest absolute Gasteiger partial charge is 0.385 e. The third-order valence-electron chi connectivity index (χ3n) is 2.80. The van der Waals surface area contributed by atoms with Gasteiger partial charge in [-0.1, -0.05) is 23.7 Å². The zero-order valence-corrected chi connectivity index (χ0v) is 12.0. The van der Waals surface area contributed by atoms with Crippen LogP contribution < -0.4 is 11.1 Å². The van der Waals surface area contributed by atoms with E-state index in [4.69, 9.17) is 22.1 Å². The van der Waals surface area contributed by atoms with Crippen LogP contribution in [0.25, 0.3) is 0 Å². The van der Waals surface area contributed by atoms with Crippen molar-refractivity contribution >= 4 is 17.5 Å². The van der Waals surface area contributed by atoms with Crippen LogP contribution in [0.1, 0.15) is 18.4 Å². The van der Waals surface area contributed by atoms with Crippen molar-refractivity contribution in [1.82, 2.24) is 5.32 Å². The van der Waals surface area contributed by atoms with Gasteiger partial charge in [-0.05, 0) is 37.0 Å². The molecular weight excluding hydrogens is 264 g/mol. The molecule has 106 valence electrons. The van der Waals surface area contributed by atoms with Crippen molar-refractivity contribution in [3.63, 3.8) is 0 Å². The predicted octanol–water partition coefficient (Wildman–Crippen LogP) is 1.75. The summed E-state index contributed by atoms with van der Waals surface area (Å²) < 4.78 is 4.92. The van der Waals surface area contributed by atoms with Crippen LogP contribution in [0.5, 0.6) is 0 Å². The molecule has 1 unspecified atom stereocenters. The second kappa shape index (κ2) is 8.91. The van der Waals surface area contributed by atoms with Gasteiger partial charge in [0.05, 0.1) is 6.04 Å². The number of benzene rings is 1. The number of hydrogen-bond donors (Lipinski definition) is 2. The van der Waals surface area contributed by atoms with Gasteiger partial charge in [0, 0.05) is 25.3 Å². The monoisotopic (exact) mass is 284 g/mol. The molecule has 5 heteroatoms. The van der Waals surface area contributed by atoms with Crippen molar-refractivity contribution in [2.75, 3.05) is 20.3 Å². The summed E-state index contributed by atoms with van der Waals surface area (Å²) in [5.41, 5.74) is 6.87. The Balaban J connectivity index is 2.23. The Bertz CT molecular complexity index is 399. The fourth-order valence-electron chi connectivity index (χ4n) is 1.73. The van der Waals surface area contributed by atoms with Crippen LogP contribution in [0.2, 0.25) is 5.02 Å². The Kier molecular flexibility index (Phi) is 7.48. The summed E-state index contributed by atoms with van der Waals surface area (Å²) in [5, 5.41) is 3.54. The summed E-state index contributed by atoms with van der Waals surface area (Å²) in [6, 6.07) is 7.14. The molecule has 0 saturated heterocycles. The normalized spacial score (nSPS) is 12.2. The van der Waals surface area contributed by atoms with Crippen molar-refractivity contribution in [2.24, 2.45) is 5.73 Å². The molecule has 1 aromatic carbocycles. The summed E-state index contributed by atoms with van der Waals surface area (Å²) in [6.45, 7) is 1.20. The number of carbonyl (C=O) groups excluding carboxylic acids is 1. The third-order valence-corrected chi connectivity index (χ3v) is 3.04. The minimum atomic E-state index is -0.463. The third kappa shape index (κ3) is 6.57. The standard InChI is InChI=1S/C14H21ClN2O2/c1-19-9-3-6-13(16)14(18)17-8-7-11-4-2-5-12(15)10-11/h2,4-5,10,13H,3,6-9,16H2,1H3,(H,17,18). The average Bonchev–Trinajstić information content (AvgIpc) is 2.39. The molecule has 0 aliphatic rings. The van der Waals surface area contributed by atoms with Gasteiger partial charge in [0.15, 0.2) is 0 Å². The molecular formula is C14H21ClN2O2. The summed E-state index contributed by atoms with van der Waals surface area (Å²) in [6.07, 6.45) is 2.17. The highest BCUT2D eigenvalue weighted by Gasteiger charge is 2.11. The van der Waals surface area contributed by atoms with E-state index in [2.05, 4.69) is 5.32 Å². The van der Waals surface area contributed by atoms with Crippen molar-refractivity contribution in [1.29, 1.82) is 0 Å². The molecule has 0 spiro atoms. The van der Waals surface area contributed by atoms with Gasteiger partial charge in [-0.2, -0.15) is 0 Å². The number of halogens is 1. The van der Waals surface area contributed by atoms with E-state index < -0.39 is 6.04 Å². The van der Waals surface area contributed by atoms with Crippen molar-refractivity contribution in [3.05, 3.63) is 34.9 Å². The lowest BCUT2D eigenvalue weighted by Gasteiger charge is -2.12. The van der Waals surface area contributed by atoms with Gasteiger partial charge in [-0.15, -0.1) is 0 Å². The zero-order valence-electron chi connectivity index (χ0n) is 11.2. The molecule has 0 fully saturated rings. The van der Waals surface area contributed by atoms with E-state index in [0.29, 0.717) is 24.6 Å². The molecule has 19 heavy (non-hydrogen) atoms. The van der Waals surface area contributed by atoms with Gasteiger partial charge >= 0.3 is 0 Å². The van der Waals surface area contributed by atoms with Crippen molar-refractivity contribution in [2.45, 2.75) is 25.3 Å². The Morgan fingerprint density at radius 1 is 1.53 bits per heavy atom. The first-order valence-electron chi connectivity index (χ1n) is 6.40. The number of nitrogens with one attached hydrogen (secondary N) is 1. The number of hydrogen-bond acceptors (Lipinski definition) is 3. The molecule has 1 atom stereocenters. The number of rotatable bonds is 8. The molecule has 1 amide bonds. The van der Waals surface area contributed by atoms with Gasteiger partial charge in [-0.3, -0.25) is 4.79 Å². The number of amides is 1. The fourth-order valence-corrected chi connectivity index (χ4v) is 1.95. The van der Waals surface area contributed by atoms with Crippen LogP contribution in [-0.4, -0.2) is 32.2 Å². The number of nitrogens with two attached hydrogens (primary N) is 1.